The molecule has 0 amide bonds. The Balaban J connectivity index is 2.22. The quantitative estimate of drug-likeness (QED) is 0.877. The summed E-state index contributed by atoms with van der Waals surface area (Å²) in [6.45, 7) is 1.80. The Morgan fingerprint density at radius 3 is 2.80 bits per heavy atom. The summed E-state index contributed by atoms with van der Waals surface area (Å²) in [6.07, 6.45) is 0. The third kappa shape index (κ3) is 3.08. The van der Waals surface area contributed by atoms with Gasteiger partial charge in [0.2, 0.25) is 0 Å². The molecule has 20 heavy (non-hydrogen) atoms. The molecule has 1 aromatic heterocycles. The lowest BCUT2D eigenvalue weighted by Gasteiger charge is -2.13. The summed E-state index contributed by atoms with van der Waals surface area (Å²) < 4.78 is 4.73. The van der Waals surface area contributed by atoms with Crippen molar-refractivity contribution >= 4 is 33.8 Å². The third-order valence-corrected chi connectivity index (χ3v) is 3.83. The molecule has 1 heterocycles. The smallest absolute Gasteiger partial charge is 0.350 e. The first-order chi connectivity index (χ1) is 9.51. The van der Waals surface area contributed by atoms with E-state index >= 15 is 0 Å². The summed E-state index contributed by atoms with van der Waals surface area (Å²) in [7, 11) is 5.35. The first-order valence-electron chi connectivity index (χ1n) is 6.11. The first-order valence-corrected chi connectivity index (χ1v) is 6.93. The molecule has 0 radical (unpaired) electrons. The fourth-order valence-corrected chi connectivity index (χ4v) is 2.62. The van der Waals surface area contributed by atoms with E-state index < -0.39 is 0 Å². The highest BCUT2D eigenvalue weighted by atomic mass is 32.1. The highest BCUT2D eigenvalue weighted by Crippen LogP contribution is 2.27. The Hall–Kier alpha value is -2.08. The lowest BCUT2D eigenvalue weighted by Crippen LogP contribution is -2.08. The van der Waals surface area contributed by atoms with Gasteiger partial charge in [-0.25, -0.2) is 9.78 Å². The monoisotopic (exact) mass is 291 g/mol. The van der Waals surface area contributed by atoms with Gasteiger partial charge < -0.3 is 15.0 Å². The molecule has 5 nitrogen and oxygen atoms in total. The minimum absolute atomic E-state index is 0.352. The van der Waals surface area contributed by atoms with Crippen LogP contribution < -0.4 is 10.2 Å². The largest absolute Gasteiger partial charge is 0.465 e. The Morgan fingerprint density at radius 1 is 1.40 bits per heavy atom. The normalized spacial score (nSPS) is 10.2. The molecule has 1 aromatic carbocycles. The molecule has 106 valence electrons. The van der Waals surface area contributed by atoms with Gasteiger partial charge in [0.05, 0.1) is 12.8 Å². The number of thiazole rings is 1. The van der Waals surface area contributed by atoms with Crippen LogP contribution in [0, 0.1) is 6.92 Å². The van der Waals surface area contributed by atoms with E-state index in [4.69, 9.17) is 4.74 Å². The van der Waals surface area contributed by atoms with Gasteiger partial charge in [-0.05, 0) is 25.1 Å². The van der Waals surface area contributed by atoms with Gasteiger partial charge >= 0.3 is 5.97 Å². The van der Waals surface area contributed by atoms with Crippen molar-refractivity contribution in [1.29, 1.82) is 0 Å². The lowest BCUT2D eigenvalue weighted by molar-refractivity contribution is 0.0605. The number of hydrogen-bond acceptors (Lipinski definition) is 6. The maximum Gasteiger partial charge on any atom is 0.350 e. The summed E-state index contributed by atoms with van der Waals surface area (Å²) >= 11 is 1.29. The number of carbonyl (C=O) groups is 1. The van der Waals surface area contributed by atoms with Crippen molar-refractivity contribution in [3.05, 3.63) is 34.8 Å². The number of methoxy groups -OCH3 is 1. The molecule has 0 aliphatic heterocycles. The van der Waals surface area contributed by atoms with Crippen LogP contribution in [0.5, 0.6) is 0 Å². The molecule has 2 aromatic rings. The van der Waals surface area contributed by atoms with Gasteiger partial charge in [0, 0.05) is 25.5 Å². The average molecular weight is 291 g/mol. The second-order valence-electron chi connectivity index (χ2n) is 4.49. The van der Waals surface area contributed by atoms with Crippen LogP contribution in [0.15, 0.2) is 24.3 Å². The summed E-state index contributed by atoms with van der Waals surface area (Å²) in [5.74, 6) is -0.352. The molecule has 0 bridgehead atoms. The minimum Gasteiger partial charge on any atom is -0.465 e. The van der Waals surface area contributed by atoms with E-state index in [0.29, 0.717) is 15.7 Å². The number of anilines is 3. The van der Waals surface area contributed by atoms with Gasteiger partial charge in [0.15, 0.2) is 5.13 Å². The number of aryl methyl sites for hydroxylation is 1. The topological polar surface area (TPSA) is 54.5 Å². The minimum atomic E-state index is -0.352. The van der Waals surface area contributed by atoms with Crippen molar-refractivity contribution in [2.45, 2.75) is 6.92 Å². The van der Waals surface area contributed by atoms with E-state index in [0.717, 1.165) is 11.4 Å². The van der Waals surface area contributed by atoms with Crippen molar-refractivity contribution in [2.24, 2.45) is 0 Å². The highest BCUT2D eigenvalue weighted by Gasteiger charge is 2.15. The number of benzene rings is 1. The van der Waals surface area contributed by atoms with Gasteiger partial charge in [-0.3, -0.25) is 0 Å². The van der Waals surface area contributed by atoms with E-state index in [1.54, 1.807) is 6.92 Å². The van der Waals surface area contributed by atoms with Crippen LogP contribution in [0.1, 0.15) is 15.4 Å². The van der Waals surface area contributed by atoms with Crippen LogP contribution in [0.2, 0.25) is 0 Å². The number of rotatable bonds is 4. The van der Waals surface area contributed by atoms with E-state index in [9.17, 15) is 4.79 Å². The number of ether oxygens (including phenoxy) is 1. The number of carbonyl (C=O) groups excluding carboxylic acids is 1. The Bertz CT molecular complexity index is 623. The molecule has 0 unspecified atom stereocenters. The number of nitrogens with zero attached hydrogens (tertiary/aromatic N) is 2. The van der Waals surface area contributed by atoms with Gasteiger partial charge in [0.25, 0.3) is 0 Å². The predicted molar refractivity (Wildman–Crippen MR) is 82.2 cm³/mol. The summed E-state index contributed by atoms with van der Waals surface area (Å²) in [6, 6.07) is 7.98. The summed E-state index contributed by atoms with van der Waals surface area (Å²) in [5, 5.41) is 3.89. The van der Waals surface area contributed by atoms with Crippen molar-refractivity contribution in [3.8, 4) is 0 Å². The van der Waals surface area contributed by atoms with Crippen LogP contribution >= 0.6 is 11.3 Å². The average Bonchev–Trinajstić information content (AvgIpc) is 2.79. The van der Waals surface area contributed by atoms with Crippen molar-refractivity contribution in [1.82, 2.24) is 4.98 Å². The number of nitrogens with one attached hydrogen (secondary N) is 1. The van der Waals surface area contributed by atoms with Crippen LogP contribution in [0.4, 0.5) is 16.5 Å². The van der Waals surface area contributed by atoms with E-state index in [-0.39, 0.29) is 5.97 Å². The molecular formula is C14H17N3O2S. The molecular weight excluding hydrogens is 274 g/mol. The van der Waals surface area contributed by atoms with Gasteiger partial charge in [0.1, 0.15) is 4.88 Å². The maximum absolute atomic E-state index is 11.6. The van der Waals surface area contributed by atoms with E-state index in [1.807, 2.05) is 43.3 Å². The molecule has 0 spiro atoms. The second kappa shape index (κ2) is 5.92. The maximum atomic E-state index is 11.6. The van der Waals surface area contributed by atoms with Crippen LogP contribution in [-0.2, 0) is 4.74 Å². The SMILES string of the molecule is COC(=O)c1sc(Nc2cccc(N(C)C)c2)nc1C. The first kappa shape index (κ1) is 14.3. The van der Waals surface area contributed by atoms with Crippen molar-refractivity contribution < 1.29 is 9.53 Å². The molecule has 2 rings (SSSR count). The Kier molecular flexibility index (Phi) is 4.24. The van der Waals surface area contributed by atoms with Crippen LogP contribution in [0.3, 0.4) is 0 Å². The standard InChI is InChI=1S/C14H17N3O2S/c1-9-12(13(18)19-4)20-14(15-9)16-10-6-5-7-11(8-10)17(2)3/h5-8H,1-4H3,(H,15,16). The summed E-state index contributed by atoms with van der Waals surface area (Å²) in [4.78, 5) is 18.5. The lowest BCUT2D eigenvalue weighted by atomic mass is 10.2. The zero-order valence-corrected chi connectivity index (χ0v) is 12.7. The van der Waals surface area contributed by atoms with Gasteiger partial charge in [-0.2, -0.15) is 0 Å². The van der Waals surface area contributed by atoms with E-state index in [1.165, 1.54) is 18.4 Å². The number of hydrogen-bond donors (Lipinski definition) is 1. The highest BCUT2D eigenvalue weighted by molar-refractivity contribution is 7.17. The van der Waals surface area contributed by atoms with Crippen molar-refractivity contribution in [3.63, 3.8) is 0 Å². The zero-order chi connectivity index (χ0) is 14.7. The Labute approximate surface area is 122 Å². The third-order valence-electron chi connectivity index (χ3n) is 2.78. The fraction of sp³-hybridized carbons (Fsp3) is 0.286. The number of esters is 1. The predicted octanol–water partition coefficient (Wildman–Crippen LogP) is 3.05. The Morgan fingerprint density at radius 2 is 2.15 bits per heavy atom. The fourth-order valence-electron chi connectivity index (χ4n) is 1.72. The molecule has 0 atom stereocenters. The van der Waals surface area contributed by atoms with Gasteiger partial charge in [-0.1, -0.05) is 17.4 Å². The van der Waals surface area contributed by atoms with Crippen LogP contribution in [-0.4, -0.2) is 32.2 Å². The molecule has 0 saturated heterocycles. The molecule has 0 aliphatic rings. The second-order valence-corrected chi connectivity index (χ2v) is 5.49. The molecule has 1 N–H and O–H groups in total. The molecule has 0 saturated carbocycles. The van der Waals surface area contributed by atoms with Gasteiger partial charge in [-0.15, -0.1) is 0 Å². The zero-order valence-electron chi connectivity index (χ0n) is 11.9. The number of aromatic nitrogens is 1. The molecule has 6 heteroatoms. The van der Waals surface area contributed by atoms with E-state index in [2.05, 4.69) is 10.3 Å². The molecule has 0 aliphatic carbocycles. The van der Waals surface area contributed by atoms with Crippen molar-refractivity contribution in [2.75, 3.05) is 31.4 Å². The molecule has 0 fully saturated rings. The van der Waals surface area contributed by atoms with Crippen LogP contribution in [0.25, 0.3) is 0 Å². The summed E-state index contributed by atoms with van der Waals surface area (Å²) in [5.41, 5.74) is 2.70.